The molecular weight excluding hydrogens is 785 g/mol. The van der Waals surface area contributed by atoms with Crippen molar-refractivity contribution < 1.29 is 0 Å². The predicted molar refractivity (Wildman–Crippen MR) is 258 cm³/mol. The molecule has 5 heterocycles. The van der Waals surface area contributed by atoms with Crippen LogP contribution < -0.4 is 0 Å². The van der Waals surface area contributed by atoms with E-state index < -0.39 is 0 Å². The molecule has 0 unspecified atom stereocenters. The van der Waals surface area contributed by atoms with Crippen molar-refractivity contribution in [2.24, 2.45) is 0 Å². The molecule has 13 rings (SSSR count). The van der Waals surface area contributed by atoms with Crippen LogP contribution in [0.3, 0.4) is 0 Å². The van der Waals surface area contributed by atoms with Gasteiger partial charge in [-0.3, -0.25) is 8.97 Å². The molecule has 0 aliphatic heterocycles. The van der Waals surface area contributed by atoms with Crippen molar-refractivity contribution in [1.29, 1.82) is 0 Å². The fourth-order valence-electron chi connectivity index (χ4n) is 9.18. The first-order valence-electron chi connectivity index (χ1n) is 21.3. The highest BCUT2D eigenvalue weighted by atomic mass is 15.2. The molecule has 5 aromatic heterocycles. The third kappa shape index (κ3) is 5.70. The largest absolute Gasteiger partial charge is 0.294 e. The number of rotatable bonds is 6. The average molecular weight is 819 g/mol. The van der Waals surface area contributed by atoms with E-state index in [1.807, 2.05) is 84.9 Å². The number of para-hydroxylation sites is 1. The summed E-state index contributed by atoms with van der Waals surface area (Å²) in [4.78, 5) is 31.0. The Morgan fingerprint density at radius 2 is 0.844 bits per heavy atom. The summed E-state index contributed by atoms with van der Waals surface area (Å²) >= 11 is 0. The van der Waals surface area contributed by atoms with Gasteiger partial charge in [0.25, 0.3) is 0 Å². The van der Waals surface area contributed by atoms with Crippen LogP contribution in [-0.2, 0) is 0 Å². The average Bonchev–Trinajstić information content (AvgIpc) is 3.92. The molecule has 8 aromatic carbocycles. The van der Waals surface area contributed by atoms with Crippen molar-refractivity contribution >= 4 is 60.3 Å². The minimum Gasteiger partial charge on any atom is -0.294 e. The van der Waals surface area contributed by atoms with E-state index in [0.29, 0.717) is 23.3 Å². The maximum Gasteiger partial charge on any atom is 0.164 e. The predicted octanol–water partition coefficient (Wildman–Crippen LogP) is 13.2. The molecule has 13 aromatic rings. The summed E-state index contributed by atoms with van der Waals surface area (Å²) in [5.41, 5.74) is 12.3. The Balaban J connectivity index is 1.08. The maximum absolute atomic E-state index is 5.50. The number of aromatic nitrogens is 8. The summed E-state index contributed by atoms with van der Waals surface area (Å²) in [6.45, 7) is 0. The lowest BCUT2D eigenvalue weighted by atomic mass is 10.0. The first kappa shape index (κ1) is 35.8. The summed E-state index contributed by atoms with van der Waals surface area (Å²) in [5, 5.41) is 5.24. The van der Waals surface area contributed by atoms with Crippen molar-refractivity contribution in [2.45, 2.75) is 0 Å². The monoisotopic (exact) mass is 818 g/mol. The molecule has 0 aliphatic carbocycles. The number of hydrogen-bond acceptors (Lipinski definition) is 6. The summed E-state index contributed by atoms with van der Waals surface area (Å²) in [6, 6.07) is 70.9. The van der Waals surface area contributed by atoms with E-state index in [2.05, 4.69) is 130 Å². The quantitative estimate of drug-likeness (QED) is 0.155. The fraction of sp³-hybridized carbons (Fsp3) is 0. The standard InChI is InChI=1S/C56H34N8/c1-5-17-35(18-6-1)49-45-34-40(30-31-46(45)57-51(58-49)36-19-7-2-8-20-36)63-47-28-16-15-27-43(47)50-56(63)64-48-32-29-39(33-44(48)41-25-13-14-26-42(41)55(64)59-50)54-61-52(37-21-9-3-10-22-37)60-53(62-54)38-23-11-4-12-24-38/h1-34H. The van der Waals surface area contributed by atoms with E-state index in [9.17, 15) is 0 Å². The molecule has 8 heteroatoms. The highest BCUT2D eigenvalue weighted by Gasteiger charge is 2.23. The van der Waals surface area contributed by atoms with Crippen LogP contribution in [0.1, 0.15) is 0 Å². The Hall–Kier alpha value is -8.88. The van der Waals surface area contributed by atoms with Gasteiger partial charge < -0.3 is 0 Å². The van der Waals surface area contributed by atoms with Crippen LogP contribution in [0, 0.1) is 0 Å². The first-order chi connectivity index (χ1) is 31.7. The molecule has 0 saturated carbocycles. The first-order valence-corrected chi connectivity index (χ1v) is 21.3. The molecule has 0 radical (unpaired) electrons. The summed E-state index contributed by atoms with van der Waals surface area (Å²) in [7, 11) is 0. The molecular formula is C56H34N8. The van der Waals surface area contributed by atoms with Gasteiger partial charge in [-0.05, 0) is 47.9 Å². The van der Waals surface area contributed by atoms with Crippen LogP contribution in [0.4, 0.5) is 0 Å². The zero-order chi connectivity index (χ0) is 42.1. The molecule has 8 nitrogen and oxygen atoms in total. The Morgan fingerprint density at radius 1 is 0.312 bits per heavy atom. The number of imidazole rings is 1. The number of benzene rings is 8. The second-order valence-electron chi connectivity index (χ2n) is 15.9. The van der Waals surface area contributed by atoms with Gasteiger partial charge in [0.1, 0.15) is 11.2 Å². The van der Waals surface area contributed by atoms with Crippen LogP contribution in [-0.4, -0.2) is 38.9 Å². The highest BCUT2D eigenvalue weighted by molar-refractivity contribution is 6.17. The van der Waals surface area contributed by atoms with Crippen LogP contribution >= 0.6 is 0 Å². The Labute approximate surface area is 366 Å². The van der Waals surface area contributed by atoms with Gasteiger partial charge in [-0.2, -0.15) is 0 Å². The molecule has 0 fully saturated rings. The number of hydrogen-bond donors (Lipinski definition) is 0. The van der Waals surface area contributed by atoms with Gasteiger partial charge in [0, 0.05) is 55.0 Å². The third-order valence-electron chi connectivity index (χ3n) is 12.1. The normalized spacial score (nSPS) is 11.8. The Bertz CT molecular complexity index is 3880. The number of nitrogens with zero attached hydrogens (tertiary/aromatic N) is 8. The molecule has 298 valence electrons. The second-order valence-corrected chi connectivity index (χ2v) is 15.9. The lowest BCUT2D eigenvalue weighted by molar-refractivity contribution is 1.07. The van der Waals surface area contributed by atoms with Crippen LogP contribution in [0.2, 0.25) is 0 Å². The molecule has 0 aliphatic rings. The summed E-state index contributed by atoms with van der Waals surface area (Å²) in [6.07, 6.45) is 0. The van der Waals surface area contributed by atoms with Crippen LogP contribution in [0.5, 0.6) is 0 Å². The molecule has 0 amide bonds. The van der Waals surface area contributed by atoms with Gasteiger partial charge in [0.15, 0.2) is 28.9 Å². The Morgan fingerprint density at radius 3 is 1.48 bits per heavy atom. The van der Waals surface area contributed by atoms with Crippen LogP contribution in [0.15, 0.2) is 206 Å². The van der Waals surface area contributed by atoms with Crippen molar-refractivity contribution in [3.8, 4) is 62.5 Å². The van der Waals surface area contributed by atoms with E-state index in [4.69, 9.17) is 29.9 Å². The van der Waals surface area contributed by atoms with Gasteiger partial charge in [0.2, 0.25) is 0 Å². The number of fused-ring (bicyclic) bond motifs is 11. The molecule has 0 spiro atoms. The summed E-state index contributed by atoms with van der Waals surface area (Å²) in [5.74, 6) is 2.54. The van der Waals surface area contributed by atoms with Crippen molar-refractivity contribution in [1.82, 2.24) is 38.9 Å². The molecule has 0 atom stereocenters. The Kier molecular flexibility index (Phi) is 8.04. The molecule has 64 heavy (non-hydrogen) atoms. The molecule has 0 saturated heterocycles. The minimum absolute atomic E-state index is 0.603. The SMILES string of the molecule is c1ccc(-c2nc(-c3ccccc3)nc(-c3ccc4c(c3)c3ccccc3c3nc5c6ccccc6n(-c6ccc7nc(-c8ccccc8)nc(-c8ccccc8)c7c6)c5n43)n2)cc1. The molecule has 0 bridgehead atoms. The second kappa shape index (κ2) is 14.4. The van der Waals surface area contributed by atoms with E-state index in [1.54, 1.807) is 0 Å². The van der Waals surface area contributed by atoms with Crippen LogP contribution in [0.25, 0.3) is 123 Å². The van der Waals surface area contributed by atoms with Gasteiger partial charge in [0.05, 0.1) is 22.2 Å². The van der Waals surface area contributed by atoms with Gasteiger partial charge in [-0.1, -0.05) is 164 Å². The van der Waals surface area contributed by atoms with Crippen molar-refractivity contribution in [3.05, 3.63) is 206 Å². The van der Waals surface area contributed by atoms with Crippen molar-refractivity contribution in [3.63, 3.8) is 0 Å². The zero-order valence-electron chi connectivity index (χ0n) is 34.2. The van der Waals surface area contributed by atoms with E-state index in [0.717, 1.165) is 99.5 Å². The lowest BCUT2D eigenvalue weighted by Crippen LogP contribution is -2.02. The lowest BCUT2D eigenvalue weighted by Gasteiger charge is -2.15. The van der Waals surface area contributed by atoms with Crippen molar-refractivity contribution in [2.75, 3.05) is 0 Å². The summed E-state index contributed by atoms with van der Waals surface area (Å²) < 4.78 is 4.67. The van der Waals surface area contributed by atoms with E-state index in [-0.39, 0.29) is 0 Å². The number of pyridine rings is 1. The fourth-order valence-corrected chi connectivity index (χ4v) is 9.18. The van der Waals surface area contributed by atoms with Gasteiger partial charge >= 0.3 is 0 Å². The maximum atomic E-state index is 5.50. The topological polar surface area (TPSA) is 86.7 Å². The third-order valence-corrected chi connectivity index (χ3v) is 12.1. The zero-order valence-corrected chi connectivity index (χ0v) is 34.2. The van der Waals surface area contributed by atoms with E-state index >= 15 is 0 Å². The van der Waals surface area contributed by atoms with Gasteiger partial charge in [-0.25, -0.2) is 29.9 Å². The highest BCUT2D eigenvalue weighted by Crippen LogP contribution is 2.40. The smallest absolute Gasteiger partial charge is 0.164 e. The van der Waals surface area contributed by atoms with E-state index in [1.165, 1.54) is 0 Å². The molecule has 0 N–H and O–H groups in total. The van der Waals surface area contributed by atoms with Gasteiger partial charge in [-0.15, -0.1) is 0 Å². The minimum atomic E-state index is 0.603.